The van der Waals surface area contributed by atoms with E-state index >= 15 is 0 Å². The number of ether oxygens (including phenoxy) is 1. The van der Waals surface area contributed by atoms with Crippen LogP contribution in [-0.2, 0) is 0 Å². The van der Waals surface area contributed by atoms with Gasteiger partial charge in [-0.2, -0.15) is 0 Å². The molecule has 1 amide bonds. The molecule has 1 aliphatic rings. The third kappa shape index (κ3) is 4.34. The monoisotopic (exact) mass is 347 g/mol. The van der Waals surface area contributed by atoms with E-state index in [-0.39, 0.29) is 23.3 Å². The molecule has 3 rings (SSSR count). The number of hydrogen-bond acceptors (Lipinski definition) is 4. The second-order valence-corrected chi connectivity index (χ2v) is 6.03. The van der Waals surface area contributed by atoms with E-state index in [1.165, 1.54) is 12.1 Å². The summed E-state index contributed by atoms with van der Waals surface area (Å²) in [6, 6.07) is 6.86. The van der Waals surface area contributed by atoms with E-state index < -0.39 is 11.2 Å². The van der Waals surface area contributed by atoms with Gasteiger partial charge in [0, 0.05) is 25.1 Å². The Morgan fingerprint density at radius 1 is 1.24 bits per heavy atom. The zero-order valence-corrected chi connectivity index (χ0v) is 13.5. The van der Waals surface area contributed by atoms with Crippen LogP contribution in [0.1, 0.15) is 23.3 Å². The van der Waals surface area contributed by atoms with E-state index in [1.807, 2.05) is 4.98 Å². The summed E-state index contributed by atoms with van der Waals surface area (Å²) in [6.45, 7) is 1.43. The third-order valence-electron chi connectivity index (χ3n) is 4.10. The van der Waals surface area contributed by atoms with Gasteiger partial charge in [-0.15, -0.1) is 0 Å². The molecule has 0 spiro atoms. The molecule has 7 nitrogen and oxygen atoms in total. The molecule has 0 radical (unpaired) electrons. The van der Waals surface area contributed by atoms with Crippen molar-refractivity contribution < 1.29 is 13.9 Å². The average molecular weight is 347 g/mol. The molecule has 1 aromatic carbocycles. The first-order valence-electron chi connectivity index (χ1n) is 8.02. The van der Waals surface area contributed by atoms with Gasteiger partial charge >= 0.3 is 5.69 Å². The molecule has 25 heavy (non-hydrogen) atoms. The van der Waals surface area contributed by atoms with Crippen LogP contribution in [0.25, 0.3) is 0 Å². The fraction of sp³-hybridized carbons (Fsp3) is 0.353. The van der Waals surface area contributed by atoms with Crippen molar-refractivity contribution in [1.82, 2.24) is 14.9 Å². The van der Waals surface area contributed by atoms with E-state index in [9.17, 15) is 18.8 Å². The number of nitrogens with one attached hydrogen (secondary N) is 2. The summed E-state index contributed by atoms with van der Waals surface area (Å²) < 4.78 is 18.5. The number of aromatic nitrogens is 2. The van der Waals surface area contributed by atoms with E-state index in [4.69, 9.17) is 4.74 Å². The highest BCUT2D eigenvalue weighted by Gasteiger charge is 2.25. The second-order valence-electron chi connectivity index (χ2n) is 6.03. The molecule has 1 saturated heterocycles. The molecule has 0 bridgehead atoms. The lowest BCUT2D eigenvalue weighted by atomic mass is 9.98. The number of aromatic amines is 2. The summed E-state index contributed by atoms with van der Waals surface area (Å²) in [5.74, 6) is -0.0106. The maximum Gasteiger partial charge on any atom is 0.326 e. The van der Waals surface area contributed by atoms with Crippen LogP contribution in [0.3, 0.4) is 0 Å². The SMILES string of the molecule is O=C(c1cc(=O)[nH]c(=O)[nH]1)N1CCCC(COc2ccc(F)cc2)C1. The van der Waals surface area contributed by atoms with Gasteiger partial charge in [0.15, 0.2) is 0 Å². The molecule has 1 atom stereocenters. The van der Waals surface area contributed by atoms with Crippen molar-refractivity contribution >= 4 is 5.91 Å². The lowest BCUT2D eigenvalue weighted by molar-refractivity contribution is 0.0627. The Hall–Kier alpha value is -2.90. The first-order chi connectivity index (χ1) is 12.0. The number of H-pyrrole nitrogens is 2. The minimum atomic E-state index is -0.705. The fourth-order valence-corrected chi connectivity index (χ4v) is 2.88. The van der Waals surface area contributed by atoms with Gasteiger partial charge in [-0.05, 0) is 37.1 Å². The normalized spacial score (nSPS) is 17.3. The number of hydrogen-bond donors (Lipinski definition) is 2. The van der Waals surface area contributed by atoms with Gasteiger partial charge in [0.2, 0.25) is 0 Å². The van der Waals surface area contributed by atoms with Crippen molar-refractivity contribution in [2.24, 2.45) is 5.92 Å². The van der Waals surface area contributed by atoms with Crippen LogP contribution in [0.15, 0.2) is 39.9 Å². The Balaban J connectivity index is 1.62. The van der Waals surface area contributed by atoms with Gasteiger partial charge in [-0.1, -0.05) is 0 Å². The van der Waals surface area contributed by atoms with Crippen molar-refractivity contribution in [3.05, 3.63) is 62.7 Å². The Morgan fingerprint density at radius 3 is 2.72 bits per heavy atom. The Labute approximate surface area is 142 Å². The van der Waals surface area contributed by atoms with Crippen molar-refractivity contribution in [3.63, 3.8) is 0 Å². The molecule has 1 fully saturated rings. The minimum Gasteiger partial charge on any atom is -0.493 e. The van der Waals surface area contributed by atoms with E-state index in [0.29, 0.717) is 25.4 Å². The quantitative estimate of drug-likeness (QED) is 0.867. The average Bonchev–Trinajstić information content (AvgIpc) is 2.60. The summed E-state index contributed by atoms with van der Waals surface area (Å²) in [6.07, 6.45) is 1.70. The third-order valence-corrected chi connectivity index (χ3v) is 4.10. The molecule has 132 valence electrons. The van der Waals surface area contributed by atoms with Crippen molar-refractivity contribution in [3.8, 4) is 5.75 Å². The first-order valence-corrected chi connectivity index (χ1v) is 8.02. The number of piperidine rings is 1. The zero-order chi connectivity index (χ0) is 17.8. The van der Waals surface area contributed by atoms with Crippen LogP contribution < -0.4 is 16.0 Å². The summed E-state index contributed by atoms with van der Waals surface area (Å²) >= 11 is 0. The predicted molar refractivity (Wildman–Crippen MR) is 88.2 cm³/mol. The zero-order valence-electron chi connectivity index (χ0n) is 13.5. The van der Waals surface area contributed by atoms with E-state index in [2.05, 4.69) is 4.98 Å². The maximum atomic E-state index is 12.9. The number of carbonyl (C=O) groups is 1. The fourth-order valence-electron chi connectivity index (χ4n) is 2.88. The maximum absolute atomic E-state index is 12.9. The Bertz CT molecular complexity index is 831. The summed E-state index contributed by atoms with van der Waals surface area (Å²) in [5.41, 5.74) is -1.33. The van der Waals surface area contributed by atoms with Crippen LogP contribution in [-0.4, -0.2) is 40.5 Å². The molecule has 1 aromatic heterocycles. The van der Waals surface area contributed by atoms with Gasteiger partial charge in [-0.25, -0.2) is 9.18 Å². The molecular formula is C17H18FN3O4. The summed E-state index contributed by atoms with van der Waals surface area (Å²) in [5, 5.41) is 0. The number of benzene rings is 1. The lowest BCUT2D eigenvalue weighted by Gasteiger charge is -2.32. The number of amides is 1. The predicted octanol–water partition coefficient (Wildman–Crippen LogP) is 1.13. The first kappa shape index (κ1) is 16.9. The van der Waals surface area contributed by atoms with Gasteiger partial charge in [-0.3, -0.25) is 14.6 Å². The van der Waals surface area contributed by atoms with Crippen LogP contribution in [0.5, 0.6) is 5.75 Å². The van der Waals surface area contributed by atoms with Gasteiger partial charge in [0.25, 0.3) is 11.5 Å². The summed E-state index contributed by atoms with van der Waals surface area (Å²) in [4.78, 5) is 41.1. The van der Waals surface area contributed by atoms with Crippen LogP contribution in [0, 0.1) is 11.7 Å². The molecule has 2 heterocycles. The number of rotatable bonds is 4. The molecule has 2 N–H and O–H groups in total. The highest BCUT2D eigenvalue weighted by Crippen LogP contribution is 2.20. The Morgan fingerprint density at radius 2 is 2.00 bits per heavy atom. The topological polar surface area (TPSA) is 95.3 Å². The molecule has 8 heteroatoms. The van der Waals surface area contributed by atoms with Crippen molar-refractivity contribution in [1.29, 1.82) is 0 Å². The smallest absolute Gasteiger partial charge is 0.326 e. The van der Waals surface area contributed by atoms with Crippen molar-refractivity contribution in [2.45, 2.75) is 12.8 Å². The molecule has 0 aliphatic carbocycles. The van der Waals surface area contributed by atoms with E-state index in [1.54, 1.807) is 17.0 Å². The standard InChI is InChI=1S/C17H18FN3O4/c18-12-3-5-13(6-4-12)25-10-11-2-1-7-21(9-11)16(23)14-8-15(22)20-17(24)19-14/h3-6,8,11H,1-2,7,9-10H2,(H2,19,20,22,24). The highest BCUT2D eigenvalue weighted by atomic mass is 19.1. The molecular weight excluding hydrogens is 329 g/mol. The molecule has 2 aromatic rings. The van der Waals surface area contributed by atoms with Crippen LogP contribution >= 0.6 is 0 Å². The van der Waals surface area contributed by atoms with Crippen molar-refractivity contribution in [2.75, 3.05) is 19.7 Å². The Kier molecular flexibility index (Phi) is 4.97. The minimum absolute atomic E-state index is 0.0196. The summed E-state index contributed by atoms with van der Waals surface area (Å²) in [7, 11) is 0. The van der Waals surface area contributed by atoms with Gasteiger partial charge < -0.3 is 14.6 Å². The number of nitrogens with zero attached hydrogens (tertiary/aromatic N) is 1. The lowest BCUT2D eigenvalue weighted by Crippen LogP contribution is -2.43. The molecule has 1 aliphatic heterocycles. The number of carbonyl (C=O) groups excluding carboxylic acids is 1. The van der Waals surface area contributed by atoms with Gasteiger partial charge in [0.1, 0.15) is 17.3 Å². The highest BCUT2D eigenvalue weighted by molar-refractivity contribution is 5.92. The molecule has 1 unspecified atom stereocenters. The second kappa shape index (κ2) is 7.33. The van der Waals surface area contributed by atoms with Crippen LogP contribution in [0.2, 0.25) is 0 Å². The number of likely N-dealkylation sites (tertiary alicyclic amines) is 1. The molecule has 0 saturated carbocycles. The number of halogens is 1. The van der Waals surface area contributed by atoms with Crippen LogP contribution in [0.4, 0.5) is 4.39 Å². The largest absolute Gasteiger partial charge is 0.493 e. The van der Waals surface area contributed by atoms with Gasteiger partial charge in [0.05, 0.1) is 6.61 Å². The van der Waals surface area contributed by atoms with E-state index in [0.717, 1.165) is 18.9 Å².